The minimum absolute atomic E-state index is 0.172. The Morgan fingerprint density at radius 1 is 1.10 bits per heavy atom. The molecule has 2 aliphatic heterocycles. The predicted octanol–water partition coefficient (Wildman–Crippen LogP) is 5.07. The molecule has 3 aliphatic rings. The van der Waals surface area contributed by atoms with E-state index in [1.807, 2.05) is 7.11 Å². The first-order chi connectivity index (χ1) is 15.3. The van der Waals surface area contributed by atoms with Crippen LogP contribution < -0.4 is 10.1 Å². The van der Waals surface area contributed by atoms with Gasteiger partial charge < -0.3 is 19.8 Å². The third kappa shape index (κ3) is 3.60. The Labute approximate surface area is 183 Å². The summed E-state index contributed by atoms with van der Waals surface area (Å²) in [5.74, 6) is 1.72. The van der Waals surface area contributed by atoms with Crippen molar-refractivity contribution in [3.63, 3.8) is 0 Å². The topological polar surface area (TPSA) is 49.5 Å². The highest BCUT2D eigenvalue weighted by Crippen LogP contribution is 2.43. The molecule has 162 valence electrons. The fourth-order valence-corrected chi connectivity index (χ4v) is 5.38. The summed E-state index contributed by atoms with van der Waals surface area (Å²) in [5, 5.41) is 5.24. The monoisotopic (exact) mass is 417 g/mol. The van der Waals surface area contributed by atoms with Crippen molar-refractivity contribution >= 4 is 16.6 Å². The number of rotatable bonds is 5. The molecule has 5 heteroatoms. The largest absolute Gasteiger partial charge is 0.491 e. The van der Waals surface area contributed by atoms with Gasteiger partial charge in [-0.25, -0.2) is 0 Å². The number of likely N-dealkylation sites (tertiary alicyclic amines) is 1. The van der Waals surface area contributed by atoms with Gasteiger partial charge in [-0.05, 0) is 62.4 Å². The fraction of sp³-hybridized carbons (Fsp3) is 0.462. The first-order valence-electron chi connectivity index (χ1n) is 11.7. The molecule has 1 aliphatic carbocycles. The maximum atomic E-state index is 6.23. The number of nitrogens with zero attached hydrogens (tertiary/aromatic N) is 1. The van der Waals surface area contributed by atoms with E-state index in [2.05, 4.69) is 63.7 Å². The Hall–Kier alpha value is -2.50. The molecule has 0 bridgehead atoms. The summed E-state index contributed by atoms with van der Waals surface area (Å²) in [4.78, 5) is 6.22. The molecule has 0 radical (unpaired) electrons. The lowest BCUT2D eigenvalue weighted by atomic mass is 9.92. The number of aromatic nitrogens is 1. The Kier molecular flexibility index (Phi) is 4.88. The third-order valence-electron chi connectivity index (χ3n) is 7.27. The van der Waals surface area contributed by atoms with E-state index in [0.29, 0.717) is 12.7 Å². The molecule has 1 saturated carbocycles. The molecule has 3 atom stereocenters. The fourth-order valence-electron chi connectivity index (χ4n) is 5.38. The molecule has 6 rings (SSSR count). The molecule has 2 fully saturated rings. The molecule has 0 amide bonds. The highest BCUT2D eigenvalue weighted by Gasteiger charge is 2.37. The number of methoxy groups -OCH3 is 1. The van der Waals surface area contributed by atoms with Gasteiger partial charge in [-0.15, -0.1) is 0 Å². The van der Waals surface area contributed by atoms with E-state index < -0.39 is 0 Å². The van der Waals surface area contributed by atoms with E-state index >= 15 is 0 Å². The summed E-state index contributed by atoms with van der Waals surface area (Å²) >= 11 is 0. The van der Waals surface area contributed by atoms with Crippen LogP contribution >= 0.6 is 0 Å². The molecule has 5 nitrogen and oxygen atoms in total. The van der Waals surface area contributed by atoms with Crippen molar-refractivity contribution < 1.29 is 9.47 Å². The Morgan fingerprint density at radius 3 is 2.87 bits per heavy atom. The van der Waals surface area contributed by atoms with Crippen LogP contribution in [-0.4, -0.2) is 48.8 Å². The second kappa shape index (κ2) is 7.88. The van der Waals surface area contributed by atoms with E-state index in [0.717, 1.165) is 31.2 Å². The van der Waals surface area contributed by atoms with Crippen molar-refractivity contribution in [2.75, 3.05) is 32.1 Å². The van der Waals surface area contributed by atoms with E-state index in [-0.39, 0.29) is 12.1 Å². The Bertz CT molecular complexity index is 1070. The first kappa shape index (κ1) is 19.2. The number of hydrogen-bond donors (Lipinski definition) is 2. The van der Waals surface area contributed by atoms with Crippen molar-refractivity contribution in [3.05, 3.63) is 59.8 Å². The molecular weight excluding hydrogens is 386 g/mol. The second-order valence-corrected chi connectivity index (χ2v) is 9.30. The normalized spacial score (nSPS) is 26.4. The quantitative estimate of drug-likeness (QED) is 0.609. The number of piperidine rings is 1. The van der Waals surface area contributed by atoms with Crippen molar-refractivity contribution in [2.24, 2.45) is 0 Å². The number of anilines is 1. The molecule has 3 aromatic rings. The van der Waals surface area contributed by atoms with Gasteiger partial charge in [-0.1, -0.05) is 24.3 Å². The zero-order valence-corrected chi connectivity index (χ0v) is 18.1. The van der Waals surface area contributed by atoms with Crippen LogP contribution in [0.2, 0.25) is 0 Å². The van der Waals surface area contributed by atoms with Crippen LogP contribution in [0.3, 0.4) is 0 Å². The molecule has 0 spiro atoms. The maximum absolute atomic E-state index is 6.23. The highest BCUT2D eigenvalue weighted by atomic mass is 16.5. The van der Waals surface area contributed by atoms with Gasteiger partial charge in [0.25, 0.3) is 0 Å². The van der Waals surface area contributed by atoms with Crippen LogP contribution in [0.1, 0.15) is 48.9 Å². The molecule has 2 N–H and O–H groups in total. The molecule has 3 heterocycles. The van der Waals surface area contributed by atoms with Gasteiger partial charge in [-0.2, -0.15) is 0 Å². The maximum Gasteiger partial charge on any atom is 0.124 e. The number of H-pyrrole nitrogens is 1. The summed E-state index contributed by atoms with van der Waals surface area (Å²) in [5.41, 5.74) is 5.05. The summed E-state index contributed by atoms with van der Waals surface area (Å²) in [6, 6.07) is 17.8. The molecule has 3 unspecified atom stereocenters. The summed E-state index contributed by atoms with van der Waals surface area (Å²) in [6.45, 7) is 2.75. The van der Waals surface area contributed by atoms with Gasteiger partial charge in [0, 0.05) is 41.5 Å². The number of benzene rings is 2. The SMILES string of the molecule is COC1CCCN(C2COc3ccccc3C2Nc2cccc3[nH]c(C4CC4)cc23)C1. The average molecular weight is 418 g/mol. The number of fused-ring (bicyclic) bond motifs is 2. The van der Waals surface area contributed by atoms with E-state index in [9.17, 15) is 0 Å². The van der Waals surface area contributed by atoms with Gasteiger partial charge in [-0.3, -0.25) is 4.90 Å². The Balaban J connectivity index is 1.36. The Morgan fingerprint density at radius 2 is 2.00 bits per heavy atom. The first-order valence-corrected chi connectivity index (χ1v) is 11.7. The standard InChI is InChI=1S/C26H31N3O2/c1-30-18-6-5-13-29(15-18)24-16-31-25-10-3-2-7-19(25)26(24)28-22-9-4-8-21-20(22)14-23(27-21)17-11-12-17/h2-4,7-10,14,17-18,24,26-28H,5-6,11-13,15-16H2,1H3. The number of nitrogens with one attached hydrogen (secondary N) is 2. The smallest absolute Gasteiger partial charge is 0.124 e. The van der Waals surface area contributed by atoms with Gasteiger partial charge in [0.15, 0.2) is 0 Å². The lowest BCUT2D eigenvalue weighted by molar-refractivity contribution is -0.00265. The number of para-hydroxylation sites is 1. The van der Waals surface area contributed by atoms with Crippen molar-refractivity contribution in [3.8, 4) is 5.75 Å². The van der Waals surface area contributed by atoms with Crippen LogP contribution in [0.5, 0.6) is 5.75 Å². The van der Waals surface area contributed by atoms with E-state index in [1.165, 1.54) is 47.1 Å². The summed E-state index contributed by atoms with van der Waals surface area (Å²) < 4.78 is 11.9. The second-order valence-electron chi connectivity index (χ2n) is 9.30. The average Bonchev–Trinajstić information content (AvgIpc) is 3.58. The van der Waals surface area contributed by atoms with Crippen LogP contribution in [0, 0.1) is 0 Å². The predicted molar refractivity (Wildman–Crippen MR) is 124 cm³/mol. The van der Waals surface area contributed by atoms with Gasteiger partial charge in [0.1, 0.15) is 12.4 Å². The van der Waals surface area contributed by atoms with Gasteiger partial charge >= 0.3 is 0 Å². The minimum atomic E-state index is 0.172. The molecule has 31 heavy (non-hydrogen) atoms. The van der Waals surface area contributed by atoms with Crippen molar-refractivity contribution in [1.29, 1.82) is 0 Å². The summed E-state index contributed by atoms with van der Waals surface area (Å²) in [6.07, 6.45) is 5.23. The van der Waals surface area contributed by atoms with Crippen LogP contribution in [-0.2, 0) is 4.74 Å². The van der Waals surface area contributed by atoms with E-state index in [4.69, 9.17) is 9.47 Å². The van der Waals surface area contributed by atoms with Crippen LogP contribution in [0.25, 0.3) is 10.9 Å². The molecule has 2 aromatic carbocycles. The zero-order chi connectivity index (χ0) is 20.8. The zero-order valence-electron chi connectivity index (χ0n) is 18.1. The highest BCUT2D eigenvalue weighted by molar-refractivity contribution is 5.93. The van der Waals surface area contributed by atoms with Gasteiger partial charge in [0.2, 0.25) is 0 Å². The van der Waals surface area contributed by atoms with Crippen LogP contribution in [0.15, 0.2) is 48.5 Å². The molecule has 1 saturated heterocycles. The minimum Gasteiger partial charge on any atom is -0.491 e. The third-order valence-corrected chi connectivity index (χ3v) is 7.27. The van der Waals surface area contributed by atoms with E-state index in [1.54, 1.807) is 0 Å². The van der Waals surface area contributed by atoms with Crippen molar-refractivity contribution in [1.82, 2.24) is 9.88 Å². The van der Waals surface area contributed by atoms with Crippen molar-refractivity contribution in [2.45, 2.75) is 49.8 Å². The number of hydrogen-bond acceptors (Lipinski definition) is 4. The van der Waals surface area contributed by atoms with Crippen LogP contribution in [0.4, 0.5) is 5.69 Å². The molecular formula is C26H31N3O2. The number of ether oxygens (including phenoxy) is 2. The summed E-state index contributed by atoms with van der Waals surface area (Å²) in [7, 11) is 1.83. The van der Waals surface area contributed by atoms with Gasteiger partial charge in [0.05, 0.1) is 18.2 Å². The molecule has 1 aromatic heterocycles. The number of aromatic amines is 1. The lowest BCUT2D eigenvalue weighted by Crippen LogP contribution is -2.53. The lowest BCUT2D eigenvalue weighted by Gasteiger charge is -2.44.